The molecule has 34 heavy (non-hydrogen) atoms. The maximum atomic E-state index is 13.1. The number of nitrogens with one attached hydrogen (secondary N) is 1. The Morgan fingerprint density at radius 1 is 1.15 bits per heavy atom. The molecule has 1 fully saturated rings. The quantitative estimate of drug-likeness (QED) is 0.466. The van der Waals surface area contributed by atoms with Crippen molar-refractivity contribution in [2.24, 2.45) is 5.92 Å². The number of anilines is 1. The van der Waals surface area contributed by atoms with Gasteiger partial charge in [-0.2, -0.15) is 22.8 Å². The van der Waals surface area contributed by atoms with E-state index >= 15 is 0 Å². The minimum Gasteiger partial charge on any atom is -0.355 e. The van der Waals surface area contributed by atoms with E-state index in [2.05, 4.69) is 35.7 Å². The van der Waals surface area contributed by atoms with E-state index in [1.807, 2.05) is 11.0 Å². The Morgan fingerprint density at radius 2 is 1.97 bits per heavy atom. The molecule has 1 saturated heterocycles. The summed E-state index contributed by atoms with van der Waals surface area (Å²) in [6, 6.07) is 6.70. The number of hydrogen-bond acceptors (Lipinski definition) is 8. The van der Waals surface area contributed by atoms with Crippen molar-refractivity contribution in [2.75, 3.05) is 18.0 Å². The summed E-state index contributed by atoms with van der Waals surface area (Å²) in [7, 11) is 0. The zero-order valence-corrected chi connectivity index (χ0v) is 17.7. The van der Waals surface area contributed by atoms with Crippen molar-refractivity contribution in [3.63, 3.8) is 0 Å². The van der Waals surface area contributed by atoms with E-state index in [-0.39, 0.29) is 24.0 Å². The van der Waals surface area contributed by atoms with Crippen molar-refractivity contribution < 1.29 is 18.0 Å². The van der Waals surface area contributed by atoms with Gasteiger partial charge < -0.3 is 10.2 Å². The molecular formula is C20H19F3N10O. The molecule has 0 unspecified atom stereocenters. The predicted molar refractivity (Wildman–Crippen MR) is 112 cm³/mol. The number of aromatic nitrogens is 8. The number of piperidine rings is 1. The molecule has 14 heteroatoms. The van der Waals surface area contributed by atoms with Crippen molar-refractivity contribution >= 4 is 17.4 Å². The van der Waals surface area contributed by atoms with Crippen molar-refractivity contribution in [3.05, 3.63) is 54.5 Å². The molecule has 5 rings (SSSR count). The normalized spacial score (nSPS) is 15.1. The molecule has 1 aliphatic heterocycles. The third-order valence-corrected chi connectivity index (χ3v) is 5.65. The Balaban J connectivity index is 1.21. The maximum absolute atomic E-state index is 13.1. The molecule has 11 nitrogen and oxygen atoms in total. The standard InChI is InChI=1S/C20H19F3N10O/c21-20(22,23)19-29-28-15-3-4-16(30-33(15)19)31-8-5-13(6-9-31)18(34)26-10-14-2-1-7-25-17(14)32-12-24-11-27-32/h1-4,7,11-13H,5-6,8-10H2,(H,26,34). The molecular weight excluding hydrogens is 453 g/mol. The van der Waals surface area contributed by atoms with Gasteiger partial charge in [-0.3, -0.25) is 4.79 Å². The lowest BCUT2D eigenvalue weighted by atomic mass is 9.96. The second-order valence-corrected chi connectivity index (χ2v) is 7.79. The van der Waals surface area contributed by atoms with Gasteiger partial charge in [0.1, 0.15) is 18.5 Å². The van der Waals surface area contributed by atoms with Gasteiger partial charge in [0, 0.05) is 37.3 Å². The lowest BCUT2D eigenvalue weighted by Gasteiger charge is -2.32. The van der Waals surface area contributed by atoms with Crippen molar-refractivity contribution in [1.82, 2.24) is 44.9 Å². The van der Waals surface area contributed by atoms with E-state index < -0.39 is 12.0 Å². The minimum atomic E-state index is -4.65. The average Bonchev–Trinajstić information content (AvgIpc) is 3.52. The number of halogens is 3. The van der Waals surface area contributed by atoms with E-state index in [0.717, 1.165) is 5.56 Å². The van der Waals surface area contributed by atoms with Gasteiger partial charge in [0.05, 0.1) is 0 Å². The van der Waals surface area contributed by atoms with Crippen LogP contribution in [-0.2, 0) is 17.5 Å². The summed E-state index contributed by atoms with van der Waals surface area (Å²) < 4.78 is 41.6. The zero-order chi connectivity index (χ0) is 23.7. The van der Waals surface area contributed by atoms with Crippen molar-refractivity contribution in [3.8, 4) is 5.82 Å². The summed E-state index contributed by atoms with van der Waals surface area (Å²) in [5.74, 6) is -0.505. The van der Waals surface area contributed by atoms with Crippen LogP contribution in [0.3, 0.4) is 0 Å². The molecule has 176 valence electrons. The zero-order valence-electron chi connectivity index (χ0n) is 17.7. The van der Waals surface area contributed by atoms with Crippen LogP contribution in [0.5, 0.6) is 0 Å². The summed E-state index contributed by atoms with van der Waals surface area (Å²) in [5, 5.41) is 17.8. The third kappa shape index (κ3) is 4.25. The van der Waals surface area contributed by atoms with Gasteiger partial charge in [-0.15, -0.1) is 15.3 Å². The Kier molecular flexibility index (Phi) is 5.55. The lowest BCUT2D eigenvalue weighted by Crippen LogP contribution is -2.41. The van der Waals surface area contributed by atoms with Gasteiger partial charge in [-0.1, -0.05) is 6.07 Å². The Labute approximate surface area is 190 Å². The van der Waals surface area contributed by atoms with Crippen LogP contribution in [0.4, 0.5) is 19.0 Å². The van der Waals surface area contributed by atoms with Gasteiger partial charge in [-0.25, -0.2) is 14.6 Å². The summed E-state index contributed by atoms with van der Waals surface area (Å²) in [4.78, 5) is 22.8. The molecule has 0 bridgehead atoms. The number of rotatable bonds is 5. The Hall–Kier alpha value is -4.10. The third-order valence-electron chi connectivity index (χ3n) is 5.65. The molecule has 1 aliphatic rings. The fraction of sp³-hybridized carbons (Fsp3) is 0.350. The monoisotopic (exact) mass is 472 g/mol. The van der Waals surface area contributed by atoms with Crippen molar-refractivity contribution in [1.29, 1.82) is 0 Å². The highest BCUT2D eigenvalue weighted by Crippen LogP contribution is 2.28. The van der Waals surface area contributed by atoms with Gasteiger partial charge in [0.15, 0.2) is 11.5 Å². The molecule has 0 aromatic carbocycles. The first-order valence-electron chi connectivity index (χ1n) is 10.5. The van der Waals surface area contributed by atoms with Crippen LogP contribution in [-0.4, -0.2) is 58.6 Å². The molecule has 4 aromatic rings. The van der Waals surface area contributed by atoms with Crippen LogP contribution in [0.1, 0.15) is 24.2 Å². The summed E-state index contributed by atoms with van der Waals surface area (Å²) in [6.07, 6.45) is 1.02. The molecule has 0 atom stereocenters. The lowest BCUT2D eigenvalue weighted by molar-refractivity contribution is -0.146. The van der Waals surface area contributed by atoms with Crippen LogP contribution < -0.4 is 10.2 Å². The summed E-state index contributed by atoms with van der Waals surface area (Å²) >= 11 is 0. The number of carbonyl (C=O) groups excluding carboxylic acids is 1. The van der Waals surface area contributed by atoms with E-state index in [0.29, 0.717) is 42.1 Å². The fourth-order valence-electron chi connectivity index (χ4n) is 3.91. The molecule has 1 amide bonds. The number of pyridine rings is 1. The molecule has 0 spiro atoms. The topological polar surface area (TPSA) is 119 Å². The first kappa shape index (κ1) is 21.7. The van der Waals surface area contributed by atoms with Crippen LogP contribution in [0.2, 0.25) is 0 Å². The smallest absolute Gasteiger partial charge is 0.355 e. The van der Waals surface area contributed by atoms with Crippen LogP contribution in [0.25, 0.3) is 11.5 Å². The average molecular weight is 472 g/mol. The first-order chi connectivity index (χ1) is 16.4. The highest BCUT2D eigenvalue weighted by atomic mass is 19.4. The van der Waals surface area contributed by atoms with Crippen LogP contribution in [0, 0.1) is 5.92 Å². The van der Waals surface area contributed by atoms with Gasteiger partial charge in [-0.05, 0) is 31.0 Å². The highest BCUT2D eigenvalue weighted by molar-refractivity contribution is 5.79. The van der Waals surface area contributed by atoms with E-state index in [1.165, 1.54) is 23.4 Å². The molecule has 0 aliphatic carbocycles. The predicted octanol–water partition coefficient (Wildman–Crippen LogP) is 1.65. The second-order valence-electron chi connectivity index (χ2n) is 7.79. The number of hydrogen-bond donors (Lipinski definition) is 1. The minimum absolute atomic E-state index is 0.0194. The van der Waals surface area contributed by atoms with Gasteiger partial charge >= 0.3 is 6.18 Å². The maximum Gasteiger partial charge on any atom is 0.453 e. The van der Waals surface area contributed by atoms with Crippen LogP contribution in [0.15, 0.2) is 43.1 Å². The summed E-state index contributed by atoms with van der Waals surface area (Å²) in [5.41, 5.74) is 0.816. The Morgan fingerprint density at radius 3 is 2.71 bits per heavy atom. The SMILES string of the molecule is O=C(NCc1cccnc1-n1cncn1)C1CCN(c2ccc3nnc(C(F)(F)F)n3n2)CC1. The van der Waals surface area contributed by atoms with Crippen LogP contribution >= 0.6 is 0 Å². The molecule has 5 heterocycles. The molecule has 4 aromatic heterocycles. The molecule has 0 radical (unpaired) electrons. The number of nitrogens with zero attached hydrogens (tertiary/aromatic N) is 9. The van der Waals surface area contributed by atoms with Gasteiger partial charge in [0.2, 0.25) is 5.91 Å². The summed E-state index contributed by atoms with van der Waals surface area (Å²) in [6.45, 7) is 1.25. The van der Waals surface area contributed by atoms with E-state index in [4.69, 9.17) is 0 Å². The molecule has 0 saturated carbocycles. The number of alkyl halides is 3. The second kappa shape index (κ2) is 8.68. The fourth-order valence-corrected chi connectivity index (χ4v) is 3.91. The van der Waals surface area contributed by atoms with Gasteiger partial charge in [0.25, 0.3) is 5.82 Å². The van der Waals surface area contributed by atoms with E-state index in [9.17, 15) is 18.0 Å². The largest absolute Gasteiger partial charge is 0.453 e. The number of fused-ring (bicyclic) bond motifs is 1. The van der Waals surface area contributed by atoms with Crippen molar-refractivity contribution in [2.45, 2.75) is 25.6 Å². The Bertz CT molecular complexity index is 1300. The number of carbonyl (C=O) groups is 1. The molecule has 1 N–H and O–H groups in total. The van der Waals surface area contributed by atoms with E-state index in [1.54, 1.807) is 18.3 Å². The highest BCUT2D eigenvalue weighted by Gasteiger charge is 2.38. The number of amides is 1. The first-order valence-corrected chi connectivity index (χ1v) is 10.5.